The third-order valence-corrected chi connectivity index (χ3v) is 4.62. The first-order valence-electron chi connectivity index (χ1n) is 6.88. The van der Waals surface area contributed by atoms with Gasteiger partial charge >= 0.3 is 6.09 Å². The minimum absolute atomic E-state index is 0.0415. The molecular formula is C14H21IN4O2. The van der Waals surface area contributed by atoms with Crippen LogP contribution in [0.2, 0.25) is 0 Å². The predicted octanol–water partition coefficient (Wildman–Crippen LogP) is 2.53. The van der Waals surface area contributed by atoms with E-state index in [0.717, 1.165) is 18.8 Å². The van der Waals surface area contributed by atoms with Crippen molar-refractivity contribution in [2.45, 2.75) is 42.9 Å². The fraction of sp³-hybridized carbons (Fsp3) is 0.571. The minimum atomic E-state index is -0.484. The summed E-state index contributed by atoms with van der Waals surface area (Å²) in [5.41, 5.74) is 5.82. The highest BCUT2D eigenvalue weighted by molar-refractivity contribution is 14.1. The Morgan fingerprint density at radius 3 is 2.81 bits per heavy atom. The third kappa shape index (κ3) is 4.36. The number of nitrogen functional groups attached to an aromatic ring is 1. The topological polar surface area (TPSA) is 80.5 Å². The molecule has 2 heterocycles. The Labute approximate surface area is 138 Å². The van der Waals surface area contributed by atoms with Gasteiger partial charge in [-0.25, -0.2) is 9.78 Å². The molecule has 1 aliphatic rings. The summed E-state index contributed by atoms with van der Waals surface area (Å²) >= 11 is 2.32. The summed E-state index contributed by atoms with van der Waals surface area (Å²) in [4.78, 5) is 18.4. The predicted molar refractivity (Wildman–Crippen MR) is 91.6 cm³/mol. The van der Waals surface area contributed by atoms with Gasteiger partial charge in [-0.2, -0.15) is 0 Å². The van der Waals surface area contributed by atoms with E-state index in [4.69, 9.17) is 10.5 Å². The number of carbonyl (C=O) groups excluding carboxylic acids is 1. The van der Waals surface area contributed by atoms with Crippen molar-refractivity contribution in [1.82, 2.24) is 10.3 Å². The molecule has 1 fully saturated rings. The van der Waals surface area contributed by atoms with Gasteiger partial charge in [-0.1, -0.05) is 22.6 Å². The molecule has 21 heavy (non-hydrogen) atoms. The van der Waals surface area contributed by atoms with Crippen LogP contribution in [0, 0.1) is 0 Å². The van der Waals surface area contributed by atoms with Crippen LogP contribution in [0.15, 0.2) is 18.3 Å². The van der Waals surface area contributed by atoms with Crippen molar-refractivity contribution >= 4 is 40.2 Å². The molecule has 1 amide bonds. The van der Waals surface area contributed by atoms with Crippen LogP contribution in [-0.4, -0.2) is 33.3 Å². The van der Waals surface area contributed by atoms with E-state index in [2.05, 4.69) is 37.8 Å². The van der Waals surface area contributed by atoms with E-state index >= 15 is 0 Å². The molecule has 0 spiro atoms. The summed E-state index contributed by atoms with van der Waals surface area (Å²) in [5.74, 6) is 0.872. The molecule has 1 aromatic heterocycles. The number of rotatable bonds is 2. The van der Waals surface area contributed by atoms with Gasteiger partial charge in [0.15, 0.2) is 0 Å². The Bertz CT molecular complexity index is 501. The number of nitrogens with one attached hydrogen (secondary N) is 1. The number of halogens is 1. The van der Waals surface area contributed by atoms with Crippen LogP contribution in [0.1, 0.15) is 27.2 Å². The first kappa shape index (κ1) is 16.1. The minimum Gasteiger partial charge on any atom is -0.444 e. The SMILES string of the molecule is CC(C)(C)OC(=O)NC1CCN(c2ccc(N)cn2)C1I. The number of anilines is 2. The number of hydrogen-bond acceptors (Lipinski definition) is 5. The van der Waals surface area contributed by atoms with Crippen molar-refractivity contribution in [1.29, 1.82) is 0 Å². The number of nitrogens with zero attached hydrogens (tertiary/aromatic N) is 2. The lowest BCUT2D eigenvalue weighted by molar-refractivity contribution is 0.0508. The lowest BCUT2D eigenvalue weighted by atomic mass is 10.2. The molecule has 6 nitrogen and oxygen atoms in total. The molecule has 1 aromatic rings. The van der Waals surface area contributed by atoms with Crippen LogP contribution in [0.5, 0.6) is 0 Å². The average Bonchev–Trinajstić information content (AvgIpc) is 2.70. The molecule has 2 unspecified atom stereocenters. The van der Waals surface area contributed by atoms with E-state index in [1.807, 2.05) is 32.9 Å². The van der Waals surface area contributed by atoms with E-state index in [9.17, 15) is 4.79 Å². The molecule has 3 N–H and O–H groups in total. The van der Waals surface area contributed by atoms with E-state index in [1.54, 1.807) is 6.20 Å². The van der Waals surface area contributed by atoms with Gasteiger partial charge in [-0.15, -0.1) is 0 Å². The second-order valence-electron chi connectivity index (χ2n) is 6.06. The van der Waals surface area contributed by atoms with Crippen LogP contribution in [0.25, 0.3) is 0 Å². The summed E-state index contributed by atoms with van der Waals surface area (Å²) in [7, 11) is 0. The Morgan fingerprint density at radius 1 is 1.52 bits per heavy atom. The van der Waals surface area contributed by atoms with Gasteiger partial charge < -0.3 is 20.7 Å². The van der Waals surface area contributed by atoms with E-state index in [-0.39, 0.29) is 16.2 Å². The monoisotopic (exact) mass is 404 g/mol. The number of alkyl carbamates (subject to hydrolysis) is 1. The van der Waals surface area contributed by atoms with Gasteiger partial charge in [0, 0.05) is 6.54 Å². The van der Waals surface area contributed by atoms with Gasteiger partial charge in [0.25, 0.3) is 0 Å². The summed E-state index contributed by atoms with van der Waals surface area (Å²) in [6.45, 7) is 6.40. The number of nitrogens with two attached hydrogens (primary N) is 1. The number of ether oxygens (including phenoxy) is 1. The number of amides is 1. The molecule has 0 radical (unpaired) electrons. The van der Waals surface area contributed by atoms with Crippen molar-refractivity contribution < 1.29 is 9.53 Å². The number of aromatic nitrogens is 1. The maximum absolute atomic E-state index is 11.9. The first-order valence-corrected chi connectivity index (χ1v) is 8.12. The van der Waals surface area contributed by atoms with Crippen LogP contribution in [0.4, 0.5) is 16.3 Å². The van der Waals surface area contributed by atoms with Gasteiger partial charge in [0.05, 0.1) is 17.9 Å². The maximum Gasteiger partial charge on any atom is 0.407 e. The number of hydrogen-bond donors (Lipinski definition) is 2. The molecule has 0 aromatic carbocycles. The van der Waals surface area contributed by atoms with E-state index in [1.165, 1.54) is 0 Å². The van der Waals surface area contributed by atoms with Gasteiger partial charge in [-0.3, -0.25) is 0 Å². The molecule has 1 aliphatic heterocycles. The number of carbonyl (C=O) groups is 1. The second kappa shape index (κ2) is 6.25. The van der Waals surface area contributed by atoms with Gasteiger partial charge in [0.2, 0.25) is 0 Å². The molecule has 0 aliphatic carbocycles. The smallest absolute Gasteiger partial charge is 0.407 e. The molecule has 7 heteroatoms. The Balaban J connectivity index is 1.96. The van der Waals surface area contributed by atoms with Crippen molar-refractivity contribution in [3.05, 3.63) is 18.3 Å². The van der Waals surface area contributed by atoms with Crippen LogP contribution < -0.4 is 16.0 Å². The van der Waals surface area contributed by atoms with Crippen molar-refractivity contribution in [2.24, 2.45) is 0 Å². The number of pyridine rings is 1. The molecule has 0 bridgehead atoms. The van der Waals surface area contributed by atoms with Gasteiger partial charge in [0.1, 0.15) is 15.5 Å². The zero-order valence-electron chi connectivity index (χ0n) is 12.5. The standard InChI is InChI=1S/C14H21IN4O2/c1-14(2,3)21-13(20)18-10-6-7-19(12(10)15)11-5-4-9(16)8-17-11/h4-5,8,10,12H,6-7,16H2,1-3H3,(H,18,20). The lowest BCUT2D eigenvalue weighted by Gasteiger charge is -2.26. The summed E-state index contributed by atoms with van der Waals surface area (Å²) in [5, 5.41) is 2.93. The van der Waals surface area contributed by atoms with E-state index in [0.29, 0.717) is 5.69 Å². The highest BCUT2D eigenvalue weighted by atomic mass is 127. The Hall–Kier alpha value is -1.25. The second-order valence-corrected chi connectivity index (χ2v) is 7.33. The lowest BCUT2D eigenvalue weighted by Crippen LogP contribution is -2.44. The van der Waals surface area contributed by atoms with Gasteiger partial charge in [-0.05, 0) is 39.3 Å². The first-order chi connectivity index (χ1) is 9.76. The maximum atomic E-state index is 11.9. The molecule has 1 saturated heterocycles. The summed E-state index contributed by atoms with van der Waals surface area (Å²) in [6.07, 6.45) is 2.13. The third-order valence-electron chi connectivity index (χ3n) is 3.08. The normalized spacial score (nSPS) is 22.2. The van der Waals surface area contributed by atoms with Crippen LogP contribution >= 0.6 is 22.6 Å². The molecule has 2 rings (SSSR count). The number of alkyl halides is 1. The van der Waals surface area contributed by atoms with Crippen molar-refractivity contribution in [2.75, 3.05) is 17.2 Å². The zero-order valence-corrected chi connectivity index (χ0v) is 14.6. The van der Waals surface area contributed by atoms with Crippen molar-refractivity contribution in [3.63, 3.8) is 0 Å². The van der Waals surface area contributed by atoms with Crippen molar-refractivity contribution in [3.8, 4) is 0 Å². The summed E-state index contributed by atoms with van der Waals surface area (Å²) in [6, 6.07) is 3.77. The van der Waals surface area contributed by atoms with Crippen LogP contribution in [0.3, 0.4) is 0 Å². The highest BCUT2D eigenvalue weighted by Crippen LogP contribution is 2.28. The summed E-state index contributed by atoms with van der Waals surface area (Å²) < 4.78 is 5.43. The largest absolute Gasteiger partial charge is 0.444 e. The molecule has 0 saturated carbocycles. The highest BCUT2D eigenvalue weighted by Gasteiger charge is 2.34. The van der Waals surface area contributed by atoms with Crippen LogP contribution in [-0.2, 0) is 4.74 Å². The quantitative estimate of drug-likeness (QED) is 0.450. The Kier molecular flexibility index (Phi) is 4.80. The molecular weight excluding hydrogens is 383 g/mol. The Morgan fingerprint density at radius 2 is 2.24 bits per heavy atom. The van der Waals surface area contributed by atoms with E-state index < -0.39 is 5.60 Å². The molecule has 2 atom stereocenters. The molecule has 116 valence electrons. The average molecular weight is 404 g/mol. The fourth-order valence-electron chi connectivity index (χ4n) is 2.16. The zero-order chi connectivity index (χ0) is 15.6. The fourth-order valence-corrected chi connectivity index (χ4v) is 3.27.